The molecule has 6 nitrogen and oxygen atoms in total. The number of rotatable bonds is 4. The fraction of sp³-hybridized carbons (Fsp3) is 0.333. The molecule has 0 bridgehead atoms. The maximum absolute atomic E-state index is 5.16. The van der Waals surface area contributed by atoms with Crippen molar-refractivity contribution in [1.29, 1.82) is 0 Å². The summed E-state index contributed by atoms with van der Waals surface area (Å²) in [4.78, 5) is 6.51. The Balaban J connectivity index is 0.00000176. The van der Waals surface area contributed by atoms with Gasteiger partial charge in [0.05, 0.1) is 31.6 Å². The minimum Gasteiger partial charge on any atom is -0.497 e. The van der Waals surface area contributed by atoms with Crippen LogP contribution in [0.3, 0.4) is 0 Å². The molecule has 0 amide bonds. The predicted octanol–water partition coefficient (Wildman–Crippen LogP) is 1.89. The molecule has 0 saturated heterocycles. The maximum atomic E-state index is 5.16. The molecular weight excluding hydrogens is 393 g/mol. The molecule has 1 aliphatic rings. The Hall–Kier alpha value is -1.77. The van der Waals surface area contributed by atoms with E-state index in [9.17, 15) is 0 Å². The first-order valence-electron chi connectivity index (χ1n) is 6.95. The zero-order valence-corrected chi connectivity index (χ0v) is 15.0. The van der Waals surface area contributed by atoms with Crippen molar-refractivity contribution in [3.8, 4) is 11.4 Å². The standard InChI is InChI=1S/C15H19N5O.HI/c1-19-10-8-16-15(19)17-11-12-7-9-20(18-12)13-3-5-14(21-2)6-4-13;/h3-7,9H,8,10-11H2,1-2H3,(H,16,17);1H. The summed E-state index contributed by atoms with van der Waals surface area (Å²) in [5.74, 6) is 1.78. The fourth-order valence-corrected chi connectivity index (χ4v) is 2.23. The van der Waals surface area contributed by atoms with Crippen molar-refractivity contribution in [3.05, 3.63) is 42.2 Å². The number of guanidine groups is 1. The highest BCUT2D eigenvalue weighted by atomic mass is 127. The molecule has 3 rings (SSSR count). The van der Waals surface area contributed by atoms with E-state index in [2.05, 4.69) is 20.3 Å². The molecule has 2 heterocycles. The zero-order chi connectivity index (χ0) is 14.7. The van der Waals surface area contributed by atoms with Crippen molar-refractivity contribution in [1.82, 2.24) is 20.0 Å². The average molecular weight is 413 g/mol. The van der Waals surface area contributed by atoms with Crippen LogP contribution in [-0.2, 0) is 6.54 Å². The van der Waals surface area contributed by atoms with E-state index in [0.29, 0.717) is 6.54 Å². The SMILES string of the molecule is COc1ccc(-n2ccc(CNC3=NCCN3C)n2)cc1.I. The monoisotopic (exact) mass is 413 g/mol. The van der Waals surface area contributed by atoms with Gasteiger partial charge in [0.15, 0.2) is 5.96 Å². The van der Waals surface area contributed by atoms with Crippen LogP contribution in [0.4, 0.5) is 0 Å². The largest absolute Gasteiger partial charge is 0.497 e. The van der Waals surface area contributed by atoms with Gasteiger partial charge in [-0.2, -0.15) is 5.10 Å². The van der Waals surface area contributed by atoms with Crippen LogP contribution in [0.2, 0.25) is 0 Å². The number of likely N-dealkylation sites (N-methyl/N-ethyl adjacent to an activating group) is 1. The lowest BCUT2D eigenvalue weighted by atomic mass is 10.3. The number of nitrogens with zero attached hydrogens (tertiary/aromatic N) is 4. The van der Waals surface area contributed by atoms with E-state index in [4.69, 9.17) is 4.74 Å². The molecule has 7 heteroatoms. The lowest BCUT2D eigenvalue weighted by Gasteiger charge is -2.14. The van der Waals surface area contributed by atoms with Crippen LogP contribution < -0.4 is 10.1 Å². The van der Waals surface area contributed by atoms with Gasteiger partial charge in [-0.25, -0.2) is 4.68 Å². The van der Waals surface area contributed by atoms with Crippen molar-refractivity contribution in [2.24, 2.45) is 4.99 Å². The van der Waals surface area contributed by atoms with Gasteiger partial charge in [0.2, 0.25) is 0 Å². The van der Waals surface area contributed by atoms with Crippen LogP contribution in [-0.4, -0.2) is 47.9 Å². The van der Waals surface area contributed by atoms with Crippen LogP contribution in [0.1, 0.15) is 5.69 Å². The van der Waals surface area contributed by atoms with Crippen LogP contribution in [0, 0.1) is 0 Å². The average Bonchev–Trinajstić information content (AvgIpc) is 3.14. The Labute approximate surface area is 147 Å². The molecule has 118 valence electrons. The second-order valence-corrected chi connectivity index (χ2v) is 4.93. The zero-order valence-electron chi connectivity index (χ0n) is 12.7. The number of nitrogens with one attached hydrogen (secondary N) is 1. The summed E-state index contributed by atoms with van der Waals surface area (Å²) in [6.45, 7) is 2.51. The Bertz CT molecular complexity index is 638. The first kappa shape index (κ1) is 16.6. The van der Waals surface area contributed by atoms with E-state index in [-0.39, 0.29) is 24.0 Å². The molecule has 22 heavy (non-hydrogen) atoms. The fourth-order valence-electron chi connectivity index (χ4n) is 2.23. The number of ether oxygens (including phenoxy) is 1. The van der Waals surface area contributed by atoms with Gasteiger partial charge in [-0.05, 0) is 30.3 Å². The second kappa shape index (κ2) is 7.48. The molecule has 0 saturated carbocycles. The molecule has 0 spiro atoms. The number of hydrogen-bond donors (Lipinski definition) is 1. The molecule has 0 atom stereocenters. The van der Waals surface area contributed by atoms with E-state index in [1.807, 2.05) is 48.3 Å². The summed E-state index contributed by atoms with van der Waals surface area (Å²) >= 11 is 0. The summed E-state index contributed by atoms with van der Waals surface area (Å²) < 4.78 is 7.02. The first-order chi connectivity index (χ1) is 10.3. The third kappa shape index (κ3) is 3.70. The highest BCUT2D eigenvalue weighted by Gasteiger charge is 2.12. The summed E-state index contributed by atoms with van der Waals surface area (Å²) in [6.07, 6.45) is 1.96. The number of benzene rings is 1. The van der Waals surface area contributed by atoms with E-state index < -0.39 is 0 Å². The smallest absolute Gasteiger partial charge is 0.194 e. The maximum Gasteiger partial charge on any atom is 0.194 e. The first-order valence-corrected chi connectivity index (χ1v) is 6.95. The molecular formula is C15H20IN5O. The molecule has 0 fully saturated rings. The third-order valence-electron chi connectivity index (χ3n) is 3.47. The minimum atomic E-state index is 0. The quantitative estimate of drug-likeness (QED) is 0.779. The van der Waals surface area contributed by atoms with Gasteiger partial charge in [0, 0.05) is 19.8 Å². The number of hydrogen-bond acceptors (Lipinski definition) is 5. The Morgan fingerprint density at radius 3 is 2.64 bits per heavy atom. The van der Waals surface area contributed by atoms with Gasteiger partial charge in [-0.1, -0.05) is 0 Å². The van der Waals surface area contributed by atoms with Crippen LogP contribution in [0.15, 0.2) is 41.5 Å². The highest BCUT2D eigenvalue weighted by Crippen LogP contribution is 2.14. The lowest BCUT2D eigenvalue weighted by molar-refractivity contribution is 0.414. The molecule has 0 unspecified atom stereocenters. The molecule has 1 aromatic heterocycles. The van der Waals surface area contributed by atoms with Gasteiger partial charge in [0.25, 0.3) is 0 Å². The summed E-state index contributed by atoms with van der Waals surface area (Å²) in [7, 11) is 3.70. The topological polar surface area (TPSA) is 54.7 Å². The molecule has 0 radical (unpaired) electrons. The van der Waals surface area contributed by atoms with Crippen molar-refractivity contribution in [2.45, 2.75) is 6.54 Å². The summed E-state index contributed by atoms with van der Waals surface area (Å²) in [6, 6.07) is 9.83. The molecule has 1 aliphatic heterocycles. The molecule has 1 aromatic carbocycles. The van der Waals surface area contributed by atoms with Crippen molar-refractivity contribution < 1.29 is 4.74 Å². The summed E-state index contributed by atoms with van der Waals surface area (Å²) in [5, 5.41) is 7.87. The van der Waals surface area contributed by atoms with Crippen LogP contribution in [0.5, 0.6) is 5.75 Å². The van der Waals surface area contributed by atoms with E-state index in [1.165, 1.54) is 0 Å². The summed E-state index contributed by atoms with van der Waals surface area (Å²) in [5.41, 5.74) is 1.99. The molecule has 1 N–H and O–H groups in total. The predicted molar refractivity (Wildman–Crippen MR) is 97.3 cm³/mol. The highest BCUT2D eigenvalue weighted by molar-refractivity contribution is 14.0. The number of aliphatic imine (C=N–C) groups is 1. The normalized spacial score (nSPS) is 13.5. The Morgan fingerprint density at radius 2 is 2.00 bits per heavy atom. The Morgan fingerprint density at radius 1 is 1.23 bits per heavy atom. The number of aromatic nitrogens is 2. The number of halogens is 1. The molecule has 0 aliphatic carbocycles. The van der Waals surface area contributed by atoms with Crippen molar-refractivity contribution in [2.75, 3.05) is 27.2 Å². The van der Waals surface area contributed by atoms with Crippen LogP contribution in [0.25, 0.3) is 5.69 Å². The molecule has 2 aromatic rings. The van der Waals surface area contributed by atoms with Crippen molar-refractivity contribution in [3.63, 3.8) is 0 Å². The van der Waals surface area contributed by atoms with E-state index >= 15 is 0 Å². The van der Waals surface area contributed by atoms with E-state index in [0.717, 1.165) is 36.2 Å². The van der Waals surface area contributed by atoms with E-state index in [1.54, 1.807) is 7.11 Å². The van der Waals surface area contributed by atoms with Gasteiger partial charge in [-0.15, -0.1) is 24.0 Å². The Kier molecular flexibility index (Phi) is 5.64. The second-order valence-electron chi connectivity index (χ2n) is 4.93. The van der Waals surface area contributed by atoms with Gasteiger partial charge in [-0.3, -0.25) is 4.99 Å². The minimum absolute atomic E-state index is 0. The van der Waals surface area contributed by atoms with Gasteiger partial charge >= 0.3 is 0 Å². The van der Waals surface area contributed by atoms with Crippen LogP contribution >= 0.6 is 24.0 Å². The van der Waals surface area contributed by atoms with Gasteiger partial charge < -0.3 is 15.0 Å². The third-order valence-corrected chi connectivity index (χ3v) is 3.47. The van der Waals surface area contributed by atoms with Gasteiger partial charge in [0.1, 0.15) is 5.75 Å². The number of methoxy groups -OCH3 is 1. The lowest BCUT2D eigenvalue weighted by Crippen LogP contribution is -2.35. The van der Waals surface area contributed by atoms with Crippen molar-refractivity contribution >= 4 is 29.9 Å².